The lowest BCUT2D eigenvalue weighted by Crippen LogP contribution is -2.11. The zero-order valence-electron chi connectivity index (χ0n) is 6.22. The third-order valence-corrected chi connectivity index (χ3v) is 1.14. The number of carbonyl (C=O) groups is 1. The summed E-state index contributed by atoms with van der Waals surface area (Å²) in [4.78, 5) is 11.0. The van der Waals surface area contributed by atoms with Gasteiger partial charge >= 0.3 is 0 Å². The van der Waals surface area contributed by atoms with Crippen molar-refractivity contribution < 1.29 is 4.79 Å². The van der Waals surface area contributed by atoms with Crippen molar-refractivity contribution in [3.63, 3.8) is 0 Å². The summed E-state index contributed by atoms with van der Waals surface area (Å²) in [5.74, 6) is 0.382. The fraction of sp³-hybridized carbons (Fsp3) is 0.143. The molecular weight excluding hydrogens is 142 g/mol. The van der Waals surface area contributed by atoms with Gasteiger partial charge in [-0.05, 0) is 6.92 Å². The Morgan fingerprint density at radius 1 is 1.82 bits per heavy atom. The molecule has 1 aromatic rings. The summed E-state index contributed by atoms with van der Waals surface area (Å²) in [6.45, 7) is 5.13. The summed E-state index contributed by atoms with van der Waals surface area (Å²) in [6, 6.07) is 1.67. The number of anilines is 1. The third kappa shape index (κ3) is 1.93. The van der Waals surface area contributed by atoms with Gasteiger partial charge in [0.2, 0.25) is 0 Å². The topological polar surface area (TPSA) is 57.8 Å². The van der Waals surface area contributed by atoms with Crippen LogP contribution < -0.4 is 5.32 Å². The molecule has 0 aliphatic rings. The maximum atomic E-state index is 11.0. The predicted octanol–water partition coefficient (Wildman–Crippen LogP) is 0.924. The minimum atomic E-state index is -0.200. The molecule has 11 heavy (non-hydrogen) atoms. The van der Waals surface area contributed by atoms with Crippen molar-refractivity contribution in [2.75, 3.05) is 5.32 Å². The Morgan fingerprint density at radius 2 is 2.55 bits per heavy atom. The molecule has 1 aromatic heterocycles. The van der Waals surface area contributed by atoms with Gasteiger partial charge in [-0.25, -0.2) is 0 Å². The van der Waals surface area contributed by atoms with E-state index in [0.29, 0.717) is 11.4 Å². The number of nitrogens with one attached hydrogen (secondary N) is 2. The third-order valence-electron chi connectivity index (χ3n) is 1.14. The second kappa shape index (κ2) is 3.01. The number of rotatable bonds is 2. The highest BCUT2D eigenvalue weighted by molar-refractivity contribution is 6.02. The average molecular weight is 151 g/mol. The first kappa shape index (κ1) is 7.53. The standard InChI is InChI=1S/C7H9N3O/c1-5(2)7(11)9-6-3-4-8-10-6/h3-4H,1H2,2H3,(H2,8,9,10,11). The molecule has 0 unspecified atom stereocenters. The first-order valence-corrected chi connectivity index (χ1v) is 3.16. The van der Waals surface area contributed by atoms with Crippen LogP contribution in [0, 0.1) is 0 Å². The SMILES string of the molecule is C=C(C)C(=O)Nc1ccn[nH]1. The van der Waals surface area contributed by atoms with E-state index in [0.717, 1.165) is 0 Å². The number of hydrogen-bond acceptors (Lipinski definition) is 2. The Hall–Kier alpha value is -1.58. The highest BCUT2D eigenvalue weighted by Crippen LogP contribution is 2.00. The lowest BCUT2D eigenvalue weighted by atomic mass is 10.3. The number of aromatic amines is 1. The first-order chi connectivity index (χ1) is 5.20. The van der Waals surface area contributed by atoms with Crippen LogP contribution in [-0.4, -0.2) is 16.1 Å². The van der Waals surface area contributed by atoms with Crippen LogP contribution in [0.15, 0.2) is 24.4 Å². The van der Waals surface area contributed by atoms with Gasteiger partial charge in [0.1, 0.15) is 5.82 Å². The summed E-state index contributed by atoms with van der Waals surface area (Å²) in [5.41, 5.74) is 0.472. The van der Waals surface area contributed by atoms with Crippen LogP contribution in [0.2, 0.25) is 0 Å². The van der Waals surface area contributed by atoms with Crippen molar-refractivity contribution in [2.45, 2.75) is 6.92 Å². The van der Waals surface area contributed by atoms with Crippen LogP contribution in [0.25, 0.3) is 0 Å². The van der Waals surface area contributed by atoms with E-state index in [1.807, 2.05) is 0 Å². The summed E-state index contributed by atoms with van der Waals surface area (Å²) in [6.07, 6.45) is 1.56. The Bertz CT molecular complexity index is 263. The van der Waals surface area contributed by atoms with Crippen LogP contribution in [0.5, 0.6) is 0 Å². The molecular formula is C7H9N3O. The molecule has 0 aliphatic carbocycles. The normalized spacial score (nSPS) is 9.18. The molecule has 4 nitrogen and oxygen atoms in total. The van der Waals surface area contributed by atoms with Gasteiger partial charge in [-0.1, -0.05) is 6.58 Å². The van der Waals surface area contributed by atoms with Crippen molar-refractivity contribution in [3.8, 4) is 0 Å². The molecule has 0 spiro atoms. The van der Waals surface area contributed by atoms with Gasteiger partial charge in [0, 0.05) is 11.6 Å². The van der Waals surface area contributed by atoms with Crippen molar-refractivity contribution >= 4 is 11.7 Å². The van der Waals surface area contributed by atoms with Gasteiger partial charge in [-0.3, -0.25) is 9.89 Å². The minimum Gasteiger partial charge on any atom is -0.307 e. The van der Waals surface area contributed by atoms with Crippen LogP contribution in [0.3, 0.4) is 0 Å². The molecule has 0 saturated heterocycles. The second-order valence-corrected chi connectivity index (χ2v) is 2.20. The molecule has 0 aromatic carbocycles. The largest absolute Gasteiger partial charge is 0.307 e. The van der Waals surface area contributed by atoms with Gasteiger partial charge in [-0.2, -0.15) is 5.10 Å². The van der Waals surface area contributed by atoms with Crippen molar-refractivity contribution in [3.05, 3.63) is 24.4 Å². The summed E-state index contributed by atoms with van der Waals surface area (Å²) in [5, 5.41) is 8.83. The average Bonchev–Trinajstić information content (AvgIpc) is 2.39. The zero-order chi connectivity index (χ0) is 8.27. The molecule has 2 N–H and O–H groups in total. The Labute approximate surface area is 64.3 Å². The van der Waals surface area contributed by atoms with Crippen molar-refractivity contribution in [1.29, 1.82) is 0 Å². The van der Waals surface area contributed by atoms with Crippen LogP contribution in [0.1, 0.15) is 6.92 Å². The van der Waals surface area contributed by atoms with Gasteiger partial charge in [0.15, 0.2) is 0 Å². The van der Waals surface area contributed by atoms with Gasteiger partial charge in [-0.15, -0.1) is 0 Å². The molecule has 4 heteroatoms. The Balaban J connectivity index is 2.57. The summed E-state index contributed by atoms with van der Waals surface area (Å²) < 4.78 is 0. The second-order valence-electron chi connectivity index (χ2n) is 2.20. The molecule has 0 bridgehead atoms. The summed E-state index contributed by atoms with van der Waals surface area (Å²) >= 11 is 0. The van der Waals surface area contributed by atoms with E-state index in [1.54, 1.807) is 19.2 Å². The van der Waals surface area contributed by atoms with E-state index >= 15 is 0 Å². The van der Waals surface area contributed by atoms with Gasteiger partial charge in [0.25, 0.3) is 5.91 Å². The molecule has 58 valence electrons. The van der Waals surface area contributed by atoms with Crippen molar-refractivity contribution in [1.82, 2.24) is 10.2 Å². The Morgan fingerprint density at radius 3 is 3.00 bits per heavy atom. The van der Waals surface area contributed by atoms with E-state index in [1.165, 1.54) is 0 Å². The van der Waals surface area contributed by atoms with Crippen LogP contribution >= 0.6 is 0 Å². The Kier molecular flexibility index (Phi) is 2.06. The number of hydrogen-bond donors (Lipinski definition) is 2. The van der Waals surface area contributed by atoms with E-state index in [9.17, 15) is 4.79 Å². The molecule has 0 fully saturated rings. The zero-order valence-corrected chi connectivity index (χ0v) is 6.22. The molecule has 0 atom stereocenters. The minimum absolute atomic E-state index is 0.200. The molecule has 0 saturated carbocycles. The maximum absolute atomic E-state index is 11.0. The van der Waals surface area contributed by atoms with Crippen LogP contribution in [0.4, 0.5) is 5.82 Å². The first-order valence-electron chi connectivity index (χ1n) is 3.16. The number of aromatic nitrogens is 2. The number of carbonyl (C=O) groups excluding carboxylic acids is 1. The highest BCUT2D eigenvalue weighted by atomic mass is 16.1. The van der Waals surface area contributed by atoms with E-state index in [4.69, 9.17) is 0 Å². The predicted molar refractivity (Wildman–Crippen MR) is 42.0 cm³/mol. The number of H-pyrrole nitrogens is 1. The fourth-order valence-corrected chi connectivity index (χ4v) is 0.555. The molecule has 1 rings (SSSR count). The molecule has 1 heterocycles. The van der Waals surface area contributed by atoms with Gasteiger partial charge < -0.3 is 5.32 Å². The molecule has 1 amide bonds. The van der Waals surface area contributed by atoms with E-state index in [-0.39, 0.29) is 5.91 Å². The van der Waals surface area contributed by atoms with E-state index in [2.05, 4.69) is 22.1 Å². The number of amides is 1. The number of nitrogens with zero attached hydrogens (tertiary/aromatic N) is 1. The fourth-order valence-electron chi connectivity index (χ4n) is 0.555. The maximum Gasteiger partial charge on any atom is 0.251 e. The lowest BCUT2D eigenvalue weighted by molar-refractivity contribution is -0.112. The quantitative estimate of drug-likeness (QED) is 0.617. The summed E-state index contributed by atoms with van der Waals surface area (Å²) in [7, 11) is 0. The molecule has 0 radical (unpaired) electrons. The monoisotopic (exact) mass is 151 g/mol. The lowest BCUT2D eigenvalue weighted by Gasteiger charge is -1.98. The van der Waals surface area contributed by atoms with E-state index < -0.39 is 0 Å². The van der Waals surface area contributed by atoms with Crippen LogP contribution in [-0.2, 0) is 4.79 Å². The molecule has 0 aliphatic heterocycles. The highest BCUT2D eigenvalue weighted by Gasteiger charge is 2.01. The van der Waals surface area contributed by atoms with Crippen molar-refractivity contribution in [2.24, 2.45) is 0 Å². The van der Waals surface area contributed by atoms with Gasteiger partial charge in [0.05, 0.1) is 6.20 Å². The smallest absolute Gasteiger partial charge is 0.251 e.